The Hall–Kier alpha value is -3.26. The fourth-order valence-electron chi connectivity index (χ4n) is 2.70. The summed E-state index contributed by atoms with van der Waals surface area (Å²) in [5, 5.41) is 14.2. The second-order valence-corrected chi connectivity index (χ2v) is 7.50. The van der Waals surface area contributed by atoms with Gasteiger partial charge < -0.3 is 4.74 Å². The Morgan fingerprint density at radius 3 is 2.86 bits per heavy atom. The number of benzene rings is 2. The van der Waals surface area contributed by atoms with E-state index in [1.165, 1.54) is 17.4 Å². The van der Waals surface area contributed by atoms with Gasteiger partial charge in [-0.3, -0.25) is 20.2 Å². The van der Waals surface area contributed by atoms with Crippen molar-refractivity contribution in [2.75, 3.05) is 11.9 Å². The zero-order valence-electron chi connectivity index (χ0n) is 16.0. The summed E-state index contributed by atoms with van der Waals surface area (Å²) in [6.45, 7) is 2.64. The number of nitro groups is 1. The minimum absolute atomic E-state index is 0.0558. The van der Waals surface area contributed by atoms with Gasteiger partial charge >= 0.3 is 0 Å². The third kappa shape index (κ3) is 5.61. The first kappa shape index (κ1) is 20.5. The third-order valence-corrected chi connectivity index (χ3v) is 5.07. The van der Waals surface area contributed by atoms with Gasteiger partial charge in [0.05, 0.1) is 17.1 Å². The molecule has 8 heteroatoms. The molecule has 0 bridgehead atoms. The van der Waals surface area contributed by atoms with Crippen LogP contribution >= 0.6 is 11.3 Å². The van der Waals surface area contributed by atoms with Crippen LogP contribution in [0, 0.1) is 10.1 Å². The summed E-state index contributed by atoms with van der Waals surface area (Å²) in [6.07, 6.45) is 4.11. The Kier molecular flexibility index (Phi) is 6.91. The van der Waals surface area contributed by atoms with Gasteiger partial charge in [-0.15, -0.1) is 11.3 Å². The highest BCUT2D eigenvalue weighted by Gasteiger charge is 2.14. The van der Waals surface area contributed by atoms with Gasteiger partial charge in [0.15, 0.2) is 5.13 Å². The molecule has 2 aromatic carbocycles. The zero-order chi connectivity index (χ0) is 20.6. The first-order chi connectivity index (χ1) is 14.1. The molecule has 0 aliphatic rings. The molecule has 3 rings (SSSR count). The average Bonchev–Trinajstić information content (AvgIpc) is 3.15. The first-order valence-corrected chi connectivity index (χ1v) is 10.1. The van der Waals surface area contributed by atoms with Gasteiger partial charge in [-0.2, -0.15) is 0 Å². The molecule has 0 atom stereocenters. The maximum Gasteiger partial charge on any atom is 0.269 e. The molecule has 0 fully saturated rings. The van der Waals surface area contributed by atoms with Crippen LogP contribution in [0.25, 0.3) is 0 Å². The van der Waals surface area contributed by atoms with Gasteiger partial charge in [0.25, 0.3) is 11.6 Å². The molecule has 7 nitrogen and oxygen atoms in total. The van der Waals surface area contributed by atoms with E-state index in [1.54, 1.807) is 36.5 Å². The minimum Gasteiger partial charge on any atom is -0.493 e. The van der Waals surface area contributed by atoms with Crippen LogP contribution in [0.3, 0.4) is 0 Å². The van der Waals surface area contributed by atoms with Crippen LogP contribution in [0.2, 0.25) is 0 Å². The fraction of sp³-hybridized carbons (Fsp3) is 0.238. The number of anilines is 1. The number of nitrogens with zero attached hydrogens (tertiary/aromatic N) is 2. The molecule has 1 heterocycles. The van der Waals surface area contributed by atoms with Crippen LogP contribution in [0.1, 0.15) is 40.6 Å². The Labute approximate surface area is 172 Å². The van der Waals surface area contributed by atoms with E-state index in [-0.39, 0.29) is 11.6 Å². The van der Waals surface area contributed by atoms with Crippen LogP contribution in [-0.2, 0) is 6.42 Å². The van der Waals surface area contributed by atoms with Gasteiger partial charge in [-0.1, -0.05) is 37.6 Å². The van der Waals surface area contributed by atoms with E-state index in [0.717, 1.165) is 23.3 Å². The lowest BCUT2D eigenvalue weighted by molar-refractivity contribution is -0.384. The highest BCUT2D eigenvalue weighted by molar-refractivity contribution is 7.15. The van der Waals surface area contributed by atoms with E-state index < -0.39 is 4.92 Å². The summed E-state index contributed by atoms with van der Waals surface area (Å²) in [5.74, 6) is 0.264. The van der Waals surface area contributed by atoms with Gasteiger partial charge in [0.2, 0.25) is 0 Å². The first-order valence-electron chi connectivity index (χ1n) is 9.28. The molecule has 29 heavy (non-hydrogen) atoms. The predicted octanol–water partition coefficient (Wildman–Crippen LogP) is 5.07. The molecular formula is C21H21N3O4S. The lowest BCUT2D eigenvalue weighted by atomic mass is 10.1. The number of non-ortho nitro benzene ring substituents is 1. The number of hydrogen-bond donors (Lipinski definition) is 1. The molecule has 0 saturated carbocycles. The minimum atomic E-state index is -0.415. The molecule has 150 valence electrons. The monoisotopic (exact) mass is 411 g/mol. The number of carbonyl (C=O) groups is 1. The van der Waals surface area contributed by atoms with Gasteiger partial charge in [0, 0.05) is 29.6 Å². The maximum absolute atomic E-state index is 12.7. The van der Waals surface area contributed by atoms with Crippen LogP contribution < -0.4 is 10.1 Å². The number of unbranched alkanes of at least 4 members (excludes halogenated alkanes) is 1. The number of thiazole rings is 1. The number of para-hydroxylation sites is 1. The van der Waals surface area contributed by atoms with Crippen molar-refractivity contribution in [1.29, 1.82) is 0 Å². The summed E-state index contributed by atoms with van der Waals surface area (Å²) >= 11 is 1.34. The fourth-order valence-corrected chi connectivity index (χ4v) is 3.54. The summed E-state index contributed by atoms with van der Waals surface area (Å²) in [7, 11) is 0. The van der Waals surface area contributed by atoms with Gasteiger partial charge in [0.1, 0.15) is 5.75 Å². The van der Waals surface area contributed by atoms with Crippen molar-refractivity contribution < 1.29 is 14.5 Å². The number of hydrogen-bond acceptors (Lipinski definition) is 6. The summed E-state index contributed by atoms with van der Waals surface area (Å²) in [4.78, 5) is 28.3. The zero-order valence-corrected chi connectivity index (χ0v) is 16.8. The van der Waals surface area contributed by atoms with Crippen molar-refractivity contribution in [3.8, 4) is 5.75 Å². The topological polar surface area (TPSA) is 94.4 Å². The Morgan fingerprint density at radius 2 is 2.07 bits per heavy atom. The van der Waals surface area contributed by atoms with Crippen LogP contribution in [0.4, 0.5) is 10.8 Å². The molecule has 0 aliphatic carbocycles. The normalized spacial score (nSPS) is 10.5. The largest absolute Gasteiger partial charge is 0.493 e. The molecule has 1 aromatic heterocycles. The lowest BCUT2D eigenvalue weighted by Gasteiger charge is -2.10. The number of carbonyl (C=O) groups excluding carboxylic acids is 1. The van der Waals surface area contributed by atoms with Crippen molar-refractivity contribution in [3.05, 3.63) is 80.8 Å². The number of nitro benzene ring substituents is 1. The SMILES string of the molecule is CCCCOc1ccccc1C(=O)Nc1ncc(Cc2cccc([N+](=O)[O-])c2)s1. The second-order valence-electron chi connectivity index (χ2n) is 6.39. The van der Waals surface area contributed by atoms with Crippen molar-refractivity contribution in [2.24, 2.45) is 0 Å². The van der Waals surface area contributed by atoms with Gasteiger partial charge in [-0.25, -0.2) is 4.98 Å². The highest BCUT2D eigenvalue weighted by atomic mass is 32.1. The smallest absolute Gasteiger partial charge is 0.269 e. The average molecular weight is 411 g/mol. The molecule has 0 radical (unpaired) electrons. The molecule has 0 aliphatic heterocycles. The Bertz CT molecular complexity index is 1000. The summed E-state index contributed by atoms with van der Waals surface area (Å²) < 4.78 is 5.72. The molecular weight excluding hydrogens is 390 g/mol. The van der Waals surface area contributed by atoms with Gasteiger partial charge in [-0.05, 0) is 24.1 Å². The van der Waals surface area contributed by atoms with Crippen LogP contribution in [0.15, 0.2) is 54.7 Å². The van der Waals surface area contributed by atoms with E-state index >= 15 is 0 Å². The Morgan fingerprint density at radius 1 is 1.24 bits per heavy atom. The van der Waals surface area contributed by atoms with Crippen molar-refractivity contribution in [1.82, 2.24) is 4.98 Å². The Balaban J connectivity index is 1.67. The number of nitrogens with one attached hydrogen (secondary N) is 1. The highest BCUT2D eigenvalue weighted by Crippen LogP contribution is 2.25. The van der Waals surface area contributed by atoms with Crippen molar-refractivity contribution in [2.45, 2.75) is 26.2 Å². The molecule has 0 saturated heterocycles. The van der Waals surface area contributed by atoms with Crippen molar-refractivity contribution >= 4 is 28.1 Å². The van der Waals surface area contributed by atoms with Crippen molar-refractivity contribution in [3.63, 3.8) is 0 Å². The molecule has 0 unspecified atom stereocenters. The molecule has 0 spiro atoms. The number of ether oxygens (including phenoxy) is 1. The van der Waals surface area contributed by atoms with E-state index in [2.05, 4.69) is 17.2 Å². The third-order valence-electron chi connectivity index (χ3n) is 4.16. The summed E-state index contributed by atoms with van der Waals surface area (Å²) in [6, 6.07) is 13.6. The maximum atomic E-state index is 12.7. The van der Waals surface area contributed by atoms with E-state index in [9.17, 15) is 14.9 Å². The molecule has 1 amide bonds. The molecule has 1 N–H and O–H groups in total. The quantitative estimate of drug-likeness (QED) is 0.301. The standard InChI is InChI=1S/C21H21N3O4S/c1-2-3-11-28-19-10-5-4-9-18(19)20(25)23-21-22-14-17(29-21)13-15-7-6-8-16(12-15)24(26)27/h4-10,12,14H,2-3,11,13H2,1H3,(H,22,23,25). The lowest BCUT2D eigenvalue weighted by Crippen LogP contribution is -2.13. The van der Waals surface area contributed by atoms with Crippen LogP contribution in [-0.4, -0.2) is 22.4 Å². The van der Waals surface area contributed by atoms with E-state index in [4.69, 9.17) is 4.74 Å². The number of aromatic nitrogens is 1. The van der Waals surface area contributed by atoms with Crippen LogP contribution in [0.5, 0.6) is 5.75 Å². The predicted molar refractivity (Wildman–Crippen MR) is 113 cm³/mol. The number of rotatable bonds is 9. The summed E-state index contributed by atoms with van der Waals surface area (Å²) in [5.41, 5.74) is 1.33. The molecule has 3 aromatic rings. The second kappa shape index (κ2) is 9.79. The van der Waals surface area contributed by atoms with E-state index in [0.29, 0.717) is 29.5 Å². The number of amides is 1. The van der Waals surface area contributed by atoms with E-state index in [1.807, 2.05) is 12.1 Å².